The summed E-state index contributed by atoms with van der Waals surface area (Å²) >= 11 is 0. The van der Waals surface area contributed by atoms with Gasteiger partial charge in [-0.15, -0.1) is 0 Å². The topological polar surface area (TPSA) is 63.6 Å². The van der Waals surface area contributed by atoms with Crippen molar-refractivity contribution in [2.45, 2.75) is 98.0 Å². The van der Waals surface area contributed by atoms with Crippen molar-refractivity contribution >= 4 is 11.9 Å². The molecule has 0 aromatic rings. The van der Waals surface area contributed by atoms with E-state index in [4.69, 9.17) is 4.74 Å². The molecule has 146 valence electrons. The van der Waals surface area contributed by atoms with E-state index >= 15 is 0 Å². The maximum Gasteiger partial charge on any atom is 0.310 e. The first-order valence-corrected chi connectivity index (χ1v) is 10.3. The van der Waals surface area contributed by atoms with Gasteiger partial charge in [-0.1, -0.05) is 66.2 Å². The highest BCUT2D eigenvalue weighted by atomic mass is 16.5. The first-order valence-electron chi connectivity index (χ1n) is 10.3. The molecule has 1 aliphatic carbocycles. The summed E-state index contributed by atoms with van der Waals surface area (Å²) < 4.78 is 5.85. The minimum Gasteiger partial charge on any atom is -0.481 e. The van der Waals surface area contributed by atoms with E-state index in [1.807, 2.05) is 0 Å². The minimum atomic E-state index is -0.851. The normalized spacial score (nSPS) is 23.2. The van der Waals surface area contributed by atoms with Gasteiger partial charge in [0.1, 0.15) is 6.10 Å². The molecule has 0 bridgehead atoms. The van der Waals surface area contributed by atoms with Crippen LogP contribution < -0.4 is 0 Å². The van der Waals surface area contributed by atoms with Gasteiger partial charge in [0, 0.05) is 0 Å². The van der Waals surface area contributed by atoms with Crippen LogP contribution in [0.2, 0.25) is 0 Å². The van der Waals surface area contributed by atoms with Crippen LogP contribution in [0.3, 0.4) is 0 Å². The molecule has 4 heteroatoms. The van der Waals surface area contributed by atoms with Crippen LogP contribution in [-0.2, 0) is 14.3 Å². The number of carbonyl (C=O) groups is 2. The highest BCUT2D eigenvalue weighted by Gasteiger charge is 2.38. The lowest BCUT2D eigenvalue weighted by atomic mass is 9.79. The summed E-state index contributed by atoms with van der Waals surface area (Å²) in [7, 11) is 0. The van der Waals surface area contributed by atoms with Crippen molar-refractivity contribution in [2.24, 2.45) is 23.7 Å². The Morgan fingerprint density at radius 2 is 1.60 bits per heavy atom. The van der Waals surface area contributed by atoms with Crippen LogP contribution >= 0.6 is 0 Å². The molecule has 1 aliphatic rings. The molecule has 0 saturated heterocycles. The van der Waals surface area contributed by atoms with Gasteiger partial charge in [0.15, 0.2) is 0 Å². The van der Waals surface area contributed by atoms with E-state index in [0.29, 0.717) is 18.8 Å². The average Bonchev–Trinajstić information content (AvgIpc) is 2.59. The molecule has 1 rings (SSSR count). The lowest BCUT2D eigenvalue weighted by Crippen LogP contribution is -2.37. The fourth-order valence-electron chi connectivity index (χ4n) is 3.74. The Kier molecular flexibility index (Phi) is 10.1. The zero-order valence-corrected chi connectivity index (χ0v) is 16.6. The molecule has 0 heterocycles. The largest absolute Gasteiger partial charge is 0.481 e. The van der Waals surface area contributed by atoms with Crippen molar-refractivity contribution in [3.63, 3.8) is 0 Å². The fourth-order valence-corrected chi connectivity index (χ4v) is 3.74. The smallest absolute Gasteiger partial charge is 0.310 e. The number of carboxylic acids is 1. The maximum absolute atomic E-state index is 12.6. The first kappa shape index (κ1) is 22.0. The Bertz CT molecular complexity index is 405. The lowest BCUT2D eigenvalue weighted by Gasteiger charge is -2.30. The molecule has 0 amide bonds. The molecule has 0 radical (unpaired) electrons. The van der Waals surface area contributed by atoms with Crippen LogP contribution in [0.4, 0.5) is 0 Å². The third-order valence-electron chi connectivity index (χ3n) is 5.70. The molecule has 25 heavy (non-hydrogen) atoms. The van der Waals surface area contributed by atoms with Gasteiger partial charge in [-0.05, 0) is 37.5 Å². The molecule has 4 nitrogen and oxygen atoms in total. The molecule has 1 N–H and O–H groups in total. The Morgan fingerprint density at radius 1 is 1.00 bits per heavy atom. The van der Waals surface area contributed by atoms with Crippen molar-refractivity contribution in [2.75, 3.05) is 0 Å². The Labute approximate surface area is 153 Å². The van der Waals surface area contributed by atoms with Gasteiger partial charge in [-0.25, -0.2) is 0 Å². The van der Waals surface area contributed by atoms with Gasteiger partial charge in [0.05, 0.1) is 11.8 Å². The number of hydrogen-bond acceptors (Lipinski definition) is 3. The minimum absolute atomic E-state index is 0.0760. The van der Waals surface area contributed by atoms with E-state index in [0.717, 1.165) is 38.0 Å². The number of rotatable bonds is 11. The molecular formula is C21H38O4. The van der Waals surface area contributed by atoms with Crippen LogP contribution in [0.15, 0.2) is 0 Å². The van der Waals surface area contributed by atoms with E-state index in [2.05, 4.69) is 27.7 Å². The van der Waals surface area contributed by atoms with E-state index in [-0.39, 0.29) is 12.1 Å². The first-order chi connectivity index (χ1) is 11.9. The Morgan fingerprint density at radius 3 is 2.16 bits per heavy atom. The fraction of sp³-hybridized carbons (Fsp3) is 0.905. The third kappa shape index (κ3) is 7.79. The van der Waals surface area contributed by atoms with Crippen molar-refractivity contribution in [3.05, 3.63) is 0 Å². The standard InChI is InChI=1S/C21H38O4/c1-5-16(4)19(14-8-6-7-11-15(2)3)25-21(24)18-13-10-9-12-17(18)20(22)23/h15-19H,5-14H2,1-4H3,(H,22,23). The van der Waals surface area contributed by atoms with Crippen LogP contribution in [0.1, 0.15) is 91.9 Å². The Hall–Kier alpha value is -1.06. The number of carboxylic acid groups (broad SMARTS) is 1. The van der Waals surface area contributed by atoms with Gasteiger partial charge in [-0.3, -0.25) is 9.59 Å². The predicted octanol–water partition coefficient (Wildman–Crippen LogP) is 5.44. The van der Waals surface area contributed by atoms with E-state index in [1.165, 1.54) is 19.3 Å². The molecule has 1 fully saturated rings. The SMILES string of the molecule is CCC(C)C(CCCCCC(C)C)OC(=O)C1CCCCC1C(=O)O. The van der Waals surface area contributed by atoms with Crippen molar-refractivity contribution in [1.29, 1.82) is 0 Å². The van der Waals surface area contributed by atoms with Crippen LogP contribution in [0, 0.1) is 23.7 Å². The molecular weight excluding hydrogens is 316 g/mol. The number of esters is 1. The summed E-state index contributed by atoms with van der Waals surface area (Å²) in [6.45, 7) is 8.73. The molecule has 0 aromatic heterocycles. The number of unbranched alkanes of at least 4 members (excludes halogenated alkanes) is 2. The van der Waals surface area contributed by atoms with Gasteiger partial charge < -0.3 is 9.84 Å². The average molecular weight is 355 g/mol. The zero-order chi connectivity index (χ0) is 18.8. The summed E-state index contributed by atoms with van der Waals surface area (Å²) in [5.41, 5.74) is 0. The van der Waals surface area contributed by atoms with Crippen molar-refractivity contribution in [3.8, 4) is 0 Å². The Balaban J connectivity index is 2.55. The van der Waals surface area contributed by atoms with E-state index in [1.54, 1.807) is 0 Å². The zero-order valence-electron chi connectivity index (χ0n) is 16.6. The molecule has 0 spiro atoms. The quantitative estimate of drug-likeness (QED) is 0.396. The summed E-state index contributed by atoms with van der Waals surface area (Å²) in [6, 6.07) is 0. The highest BCUT2D eigenvalue weighted by Crippen LogP contribution is 2.32. The van der Waals surface area contributed by atoms with E-state index < -0.39 is 17.8 Å². The van der Waals surface area contributed by atoms with Gasteiger partial charge in [0.25, 0.3) is 0 Å². The highest BCUT2D eigenvalue weighted by molar-refractivity contribution is 5.81. The number of aliphatic carboxylic acids is 1. The van der Waals surface area contributed by atoms with Gasteiger partial charge in [-0.2, -0.15) is 0 Å². The monoisotopic (exact) mass is 354 g/mol. The summed E-state index contributed by atoms with van der Waals surface area (Å²) in [6.07, 6.45) is 9.56. The lowest BCUT2D eigenvalue weighted by molar-refractivity contribution is -0.166. The van der Waals surface area contributed by atoms with Crippen molar-refractivity contribution in [1.82, 2.24) is 0 Å². The molecule has 4 atom stereocenters. The van der Waals surface area contributed by atoms with E-state index in [9.17, 15) is 14.7 Å². The predicted molar refractivity (Wildman–Crippen MR) is 100 cm³/mol. The van der Waals surface area contributed by atoms with Gasteiger partial charge in [0.2, 0.25) is 0 Å². The maximum atomic E-state index is 12.6. The van der Waals surface area contributed by atoms with Crippen molar-refractivity contribution < 1.29 is 19.4 Å². The second kappa shape index (κ2) is 11.5. The number of ether oxygens (including phenoxy) is 1. The summed E-state index contributed by atoms with van der Waals surface area (Å²) in [4.78, 5) is 24.1. The molecule has 0 aromatic carbocycles. The van der Waals surface area contributed by atoms with Crippen LogP contribution in [0.25, 0.3) is 0 Å². The molecule has 0 aliphatic heterocycles. The third-order valence-corrected chi connectivity index (χ3v) is 5.70. The van der Waals surface area contributed by atoms with Crippen LogP contribution in [-0.4, -0.2) is 23.1 Å². The number of hydrogen-bond donors (Lipinski definition) is 1. The van der Waals surface area contributed by atoms with Gasteiger partial charge >= 0.3 is 11.9 Å². The summed E-state index contributed by atoms with van der Waals surface area (Å²) in [5, 5.41) is 9.38. The number of carbonyl (C=O) groups excluding carboxylic acids is 1. The summed E-state index contributed by atoms with van der Waals surface area (Å²) in [5.74, 6) is -1.10. The second-order valence-electron chi connectivity index (χ2n) is 8.23. The molecule has 1 saturated carbocycles. The second-order valence-corrected chi connectivity index (χ2v) is 8.23. The molecule has 4 unspecified atom stereocenters. The van der Waals surface area contributed by atoms with Crippen LogP contribution in [0.5, 0.6) is 0 Å².